The van der Waals surface area contributed by atoms with Crippen LogP contribution in [-0.4, -0.2) is 68.1 Å². The molecule has 0 radical (unpaired) electrons. The van der Waals surface area contributed by atoms with Gasteiger partial charge in [0.2, 0.25) is 11.8 Å². The Morgan fingerprint density at radius 1 is 0.885 bits per heavy atom. The van der Waals surface area contributed by atoms with Gasteiger partial charge >= 0.3 is 5.97 Å². The molecule has 0 saturated carbocycles. The van der Waals surface area contributed by atoms with Crippen molar-refractivity contribution in [1.29, 1.82) is 0 Å². The van der Waals surface area contributed by atoms with Crippen LogP contribution in [0.5, 0.6) is 0 Å². The highest BCUT2D eigenvalue weighted by atomic mass is 16.4. The van der Waals surface area contributed by atoms with Crippen LogP contribution in [0.3, 0.4) is 0 Å². The second-order valence-electron chi connectivity index (χ2n) is 14.7. The number of hydrogen-bond acceptors (Lipinski definition) is 7. The predicted molar refractivity (Wildman–Crippen MR) is 206 cm³/mol. The van der Waals surface area contributed by atoms with E-state index < -0.39 is 18.1 Å². The fourth-order valence-electron chi connectivity index (χ4n) is 6.39. The second-order valence-corrected chi connectivity index (χ2v) is 14.7. The molecule has 0 bridgehead atoms. The van der Waals surface area contributed by atoms with Crippen molar-refractivity contribution >= 4 is 51.2 Å². The summed E-state index contributed by atoms with van der Waals surface area (Å²) in [5.41, 5.74) is 18.6. The maximum atomic E-state index is 12.7. The van der Waals surface area contributed by atoms with Crippen LogP contribution in [0.15, 0.2) is 66.7 Å². The summed E-state index contributed by atoms with van der Waals surface area (Å²) in [4.78, 5) is 46.0. The lowest BCUT2D eigenvalue weighted by molar-refractivity contribution is -0.916. The van der Waals surface area contributed by atoms with E-state index in [2.05, 4.69) is 65.5 Å². The quantitative estimate of drug-likeness (QED) is 0.0891. The lowest BCUT2D eigenvalue weighted by Crippen LogP contribution is -2.50. The number of rotatable bonds is 15. The molecule has 2 unspecified atom stereocenters. The van der Waals surface area contributed by atoms with Crippen molar-refractivity contribution in [3.05, 3.63) is 94.8 Å². The molecule has 7 N–H and O–H groups in total. The van der Waals surface area contributed by atoms with E-state index in [-0.39, 0.29) is 23.3 Å². The molecule has 274 valence electrons. The van der Waals surface area contributed by atoms with Gasteiger partial charge in [-0.2, -0.15) is 0 Å². The topological polar surface area (TPSA) is 178 Å². The molecule has 0 fully saturated rings. The van der Waals surface area contributed by atoms with Crippen LogP contribution in [0, 0.1) is 5.92 Å². The van der Waals surface area contributed by atoms with Gasteiger partial charge in [0.25, 0.3) is 0 Å². The van der Waals surface area contributed by atoms with Crippen LogP contribution >= 0.6 is 0 Å². The van der Waals surface area contributed by atoms with Crippen LogP contribution < -0.4 is 22.1 Å². The summed E-state index contributed by atoms with van der Waals surface area (Å²) in [7, 11) is 4.37. The number of nitrogens with zero attached hydrogens (tertiary/aromatic N) is 4. The molecule has 52 heavy (non-hydrogen) atoms. The van der Waals surface area contributed by atoms with Gasteiger partial charge in [0.15, 0.2) is 5.82 Å². The number of nitrogen functional groups attached to an aromatic ring is 1. The Bertz CT molecular complexity index is 2070. The SMILES string of the molecule is CCCCc1nc2c(N)nc3cc(C(=O)O)ccc3c2n1Cc1ccc(C[N+](C)(C)Cc2ccc(NC(=O)C(C)NC(=O)C(N)C(C)C)cc2)cc1. The summed E-state index contributed by atoms with van der Waals surface area (Å²) in [5.74, 6) is -0.467. The van der Waals surface area contributed by atoms with E-state index in [4.69, 9.17) is 16.5 Å². The van der Waals surface area contributed by atoms with Gasteiger partial charge in [-0.05, 0) is 55.2 Å². The van der Waals surface area contributed by atoms with Crippen molar-refractivity contribution in [2.24, 2.45) is 11.7 Å². The number of aromatic carboxylic acids is 1. The Kier molecular flexibility index (Phi) is 11.6. The first kappa shape index (κ1) is 37.9. The minimum Gasteiger partial charge on any atom is -0.478 e. The number of fused-ring (bicyclic) bond motifs is 3. The number of carboxylic acid groups (broad SMARTS) is 1. The number of carbonyl (C=O) groups excluding carboxylic acids is 2. The first-order valence-corrected chi connectivity index (χ1v) is 17.8. The molecular formula is C40H51N8O4+. The van der Waals surface area contributed by atoms with Gasteiger partial charge < -0.3 is 36.3 Å². The highest BCUT2D eigenvalue weighted by Crippen LogP contribution is 2.31. The van der Waals surface area contributed by atoms with Gasteiger partial charge in [0, 0.05) is 35.2 Å². The van der Waals surface area contributed by atoms with Gasteiger partial charge in [0.05, 0.1) is 36.7 Å². The molecule has 2 amide bonds. The molecule has 2 atom stereocenters. The van der Waals surface area contributed by atoms with E-state index in [1.807, 2.05) is 38.1 Å². The number of carbonyl (C=O) groups is 3. The number of unbranched alkanes of at least 4 members (excludes halogenated alkanes) is 1. The lowest BCUT2D eigenvalue weighted by Gasteiger charge is -2.30. The zero-order valence-corrected chi connectivity index (χ0v) is 30.9. The van der Waals surface area contributed by atoms with E-state index in [9.17, 15) is 19.5 Å². The van der Waals surface area contributed by atoms with Gasteiger partial charge in [-0.15, -0.1) is 0 Å². The van der Waals surface area contributed by atoms with Crippen LogP contribution in [0.25, 0.3) is 21.9 Å². The largest absolute Gasteiger partial charge is 0.478 e. The molecule has 5 aromatic rings. The molecule has 0 spiro atoms. The van der Waals surface area contributed by atoms with E-state index >= 15 is 0 Å². The van der Waals surface area contributed by atoms with Crippen molar-refractivity contribution in [2.45, 2.75) is 78.7 Å². The number of quaternary nitrogens is 1. The Balaban J connectivity index is 1.26. The number of nitrogens with one attached hydrogen (secondary N) is 2. The van der Waals surface area contributed by atoms with Crippen LogP contribution in [0.1, 0.15) is 73.4 Å². The number of carboxylic acids is 1. The van der Waals surface area contributed by atoms with Crippen molar-refractivity contribution in [2.75, 3.05) is 25.1 Å². The first-order chi connectivity index (χ1) is 24.6. The fraction of sp³-hybridized carbons (Fsp3) is 0.375. The second kappa shape index (κ2) is 15.9. The van der Waals surface area contributed by atoms with Crippen LogP contribution in [0.4, 0.5) is 11.5 Å². The van der Waals surface area contributed by atoms with Gasteiger partial charge in [0.1, 0.15) is 30.5 Å². The molecule has 0 saturated heterocycles. The van der Waals surface area contributed by atoms with Crippen molar-refractivity contribution < 1.29 is 24.0 Å². The number of amides is 2. The van der Waals surface area contributed by atoms with E-state index in [1.165, 1.54) is 5.56 Å². The monoisotopic (exact) mass is 707 g/mol. The zero-order chi connectivity index (χ0) is 37.7. The highest BCUT2D eigenvalue weighted by Gasteiger charge is 2.23. The molecule has 2 heterocycles. The molecule has 0 aliphatic carbocycles. The third-order valence-electron chi connectivity index (χ3n) is 9.36. The van der Waals surface area contributed by atoms with E-state index in [1.54, 1.807) is 25.1 Å². The summed E-state index contributed by atoms with van der Waals surface area (Å²) in [6.45, 7) is 9.69. The summed E-state index contributed by atoms with van der Waals surface area (Å²) in [5, 5.41) is 15.9. The summed E-state index contributed by atoms with van der Waals surface area (Å²) in [6.07, 6.45) is 2.80. The van der Waals surface area contributed by atoms with Crippen molar-refractivity contribution in [1.82, 2.24) is 19.9 Å². The average Bonchev–Trinajstić information content (AvgIpc) is 3.46. The number of pyridine rings is 1. The molecular weight excluding hydrogens is 656 g/mol. The molecule has 0 aliphatic rings. The molecule has 3 aromatic carbocycles. The predicted octanol–water partition coefficient (Wildman–Crippen LogP) is 5.46. The number of aryl methyl sites for hydroxylation is 1. The third kappa shape index (κ3) is 8.93. The van der Waals surface area contributed by atoms with Crippen LogP contribution in [0.2, 0.25) is 0 Å². The number of benzene rings is 3. The number of aromatic nitrogens is 3. The van der Waals surface area contributed by atoms with E-state index in [0.717, 1.165) is 60.2 Å². The Labute approximate surface area is 304 Å². The highest BCUT2D eigenvalue weighted by molar-refractivity contribution is 6.08. The summed E-state index contributed by atoms with van der Waals surface area (Å²) in [6, 6.07) is 20.0. The summed E-state index contributed by atoms with van der Waals surface area (Å²) < 4.78 is 2.92. The van der Waals surface area contributed by atoms with Crippen molar-refractivity contribution in [3.63, 3.8) is 0 Å². The molecule has 2 aromatic heterocycles. The normalized spacial score (nSPS) is 13.0. The lowest BCUT2D eigenvalue weighted by atomic mass is 10.0. The van der Waals surface area contributed by atoms with Gasteiger partial charge in [-0.3, -0.25) is 9.59 Å². The Morgan fingerprint density at radius 3 is 2.10 bits per heavy atom. The Hall–Kier alpha value is -5.33. The summed E-state index contributed by atoms with van der Waals surface area (Å²) >= 11 is 0. The maximum absolute atomic E-state index is 12.7. The minimum absolute atomic E-state index is 0.0256. The van der Waals surface area contributed by atoms with E-state index in [0.29, 0.717) is 33.6 Å². The first-order valence-electron chi connectivity index (χ1n) is 17.8. The van der Waals surface area contributed by atoms with Crippen LogP contribution in [-0.2, 0) is 35.6 Å². The minimum atomic E-state index is -1.01. The fourth-order valence-corrected chi connectivity index (χ4v) is 6.39. The standard InChI is InChI=1S/C40H50N8O4/c1-7-8-9-33-46-35-36(31-19-16-29(40(51)52)20-32(31)45-37(35)42)47(33)21-26-10-12-27(13-11-26)22-48(5,6)23-28-14-17-30(18-15-28)44-38(49)25(4)43-39(50)34(41)24(2)3/h10-20,24-25,34H,7-9,21-23,41H2,1-6H3,(H4-,42,43,44,45,49,50,51,52)/p+1. The third-order valence-corrected chi connectivity index (χ3v) is 9.36. The maximum Gasteiger partial charge on any atom is 0.335 e. The number of imidazole rings is 1. The Morgan fingerprint density at radius 2 is 1.50 bits per heavy atom. The molecule has 5 rings (SSSR count). The van der Waals surface area contributed by atoms with Gasteiger partial charge in [-0.25, -0.2) is 14.8 Å². The smallest absolute Gasteiger partial charge is 0.335 e. The zero-order valence-electron chi connectivity index (χ0n) is 30.9. The molecule has 0 aliphatic heterocycles. The number of nitrogens with two attached hydrogens (primary N) is 2. The molecule has 12 nitrogen and oxygen atoms in total. The number of anilines is 2. The number of hydrogen-bond donors (Lipinski definition) is 5. The average molecular weight is 708 g/mol. The van der Waals surface area contributed by atoms with Crippen molar-refractivity contribution in [3.8, 4) is 0 Å². The molecule has 12 heteroatoms. The van der Waals surface area contributed by atoms with Gasteiger partial charge in [-0.1, -0.05) is 63.6 Å².